The lowest BCUT2D eigenvalue weighted by atomic mass is 9.81. The molecule has 0 fully saturated rings. The third-order valence-electron chi connectivity index (χ3n) is 12.7. The fourth-order valence-corrected chi connectivity index (χ4v) is 9.54. The number of nitriles is 1. The van der Waals surface area contributed by atoms with E-state index in [-0.39, 0.29) is 5.41 Å². The lowest BCUT2D eigenvalue weighted by molar-refractivity contribution is 0.660. The summed E-state index contributed by atoms with van der Waals surface area (Å²) in [5, 5.41) is 9.66. The van der Waals surface area contributed by atoms with Gasteiger partial charge in [0.25, 0.3) is 0 Å². The Morgan fingerprint density at radius 1 is 0.672 bits per heavy atom. The summed E-state index contributed by atoms with van der Waals surface area (Å²) in [6.45, 7) is 9.23. The second-order valence-electron chi connectivity index (χ2n) is 16.6. The van der Waals surface area contributed by atoms with Crippen molar-refractivity contribution in [3.05, 3.63) is 208 Å². The van der Waals surface area contributed by atoms with Crippen molar-refractivity contribution in [1.82, 2.24) is 0 Å². The van der Waals surface area contributed by atoms with E-state index in [9.17, 15) is 5.26 Å². The summed E-state index contributed by atoms with van der Waals surface area (Å²) in [4.78, 5) is 2.40. The van der Waals surface area contributed by atoms with Crippen LogP contribution in [-0.4, -0.2) is 0 Å². The van der Waals surface area contributed by atoms with Gasteiger partial charge in [-0.2, -0.15) is 5.26 Å². The van der Waals surface area contributed by atoms with E-state index >= 15 is 0 Å². The zero-order valence-electron chi connectivity index (χ0n) is 34.1. The molecule has 6 aromatic carbocycles. The highest BCUT2D eigenvalue weighted by atomic mass is 15.1. The Hall–Kier alpha value is -6.43. The molecule has 0 saturated heterocycles. The van der Waals surface area contributed by atoms with Gasteiger partial charge in [-0.05, 0) is 147 Å². The van der Waals surface area contributed by atoms with Gasteiger partial charge < -0.3 is 4.90 Å². The normalized spacial score (nSPS) is 16.4. The van der Waals surface area contributed by atoms with E-state index in [4.69, 9.17) is 0 Å². The van der Waals surface area contributed by atoms with Gasteiger partial charge in [-0.1, -0.05) is 149 Å². The number of nitrogens with zero attached hydrogens (tertiary/aromatic N) is 2. The zero-order valence-corrected chi connectivity index (χ0v) is 34.1. The average Bonchev–Trinajstić information content (AvgIpc) is 3.49. The van der Waals surface area contributed by atoms with Crippen molar-refractivity contribution < 1.29 is 0 Å². The maximum Gasteiger partial charge on any atom is 0.0947 e. The van der Waals surface area contributed by atoms with Crippen LogP contribution in [-0.2, 0) is 11.8 Å². The van der Waals surface area contributed by atoms with E-state index in [1.807, 2.05) is 6.08 Å². The van der Waals surface area contributed by atoms with E-state index in [1.165, 1.54) is 78.0 Å². The predicted molar refractivity (Wildman–Crippen MR) is 244 cm³/mol. The van der Waals surface area contributed by atoms with Gasteiger partial charge in [0.05, 0.1) is 6.07 Å². The van der Waals surface area contributed by atoms with Crippen LogP contribution in [0, 0.1) is 18.3 Å². The Morgan fingerprint density at radius 2 is 1.38 bits per heavy atom. The van der Waals surface area contributed by atoms with Gasteiger partial charge in [-0.15, -0.1) is 0 Å². The van der Waals surface area contributed by atoms with E-state index in [0.717, 1.165) is 49.1 Å². The monoisotopic (exact) mass is 750 g/mol. The fourth-order valence-electron chi connectivity index (χ4n) is 9.54. The lowest BCUT2D eigenvalue weighted by Crippen LogP contribution is -2.20. The van der Waals surface area contributed by atoms with E-state index in [0.29, 0.717) is 5.92 Å². The van der Waals surface area contributed by atoms with Crippen LogP contribution in [0.1, 0.15) is 85.8 Å². The highest BCUT2D eigenvalue weighted by Gasteiger charge is 2.36. The van der Waals surface area contributed by atoms with Gasteiger partial charge >= 0.3 is 0 Å². The van der Waals surface area contributed by atoms with Crippen molar-refractivity contribution in [3.8, 4) is 39.4 Å². The minimum atomic E-state index is -0.160. The van der Waals surface area contributed by atoms with Gasteiger partial charge in [0, 0.05) is 34.0 Å². The van der Waals surface area contributed by atoms with Crippen molar-refractivity contribution in [2.45, 2.75) is 71.1 Å². The smallest absolute Gasteiger partial charge is 0.0947 e. The van der Waals surface area contributed by atoms with Crippen LogP contribution in [0.4, 0.5) is 11.4 Å². The summed E-state index contributed by atoms with van der Waals surface area (Å²) in [5.41, 5.74) is 21.4. The first-order chi connectivity index (χ1) is 28.3. The minimum Gasteiger partial charge on any atom is -0.314 e. The van der Waals surface area contributed by atoms with Crippen molar-refractivity contribution in [1.29, 1.82) is 5.26 Å². The Labute approximate surface area is 344 Å². The molecule has 2 heteroatoms. The van der Waals surface area contributed by atoms with E-state index in [1.54, 1.807) is 0 Å². The molecule has 0 radical (unpaired) electrons. The standard InChI is InChI=1S/C56H50N2/c1-5-12-50-49(17-11-18-51(50)48-16-10-9-13-38(48)2)43-23-21-41(22-24-43)42-25-30-46(31-26-42)58(45-28-19-39(37-57)20-29-45)47-32-34-53-52-33-27-44(40-14-7-6-8-15-40)35-54(52)56(3,4)55(53)36-47/h6-11,13-19,21-23,25-28,30-36,43H,5,12,20,24,29H2,1-4H3. The molecule has 3 aliphatic carbocycles. The van der Waals surface area contributed by atoms with E-state index < -0.39 is 0 Å². The maximum absolute atomic E-state index is 9.66. The molecule has 0 N–H and O–H groups in total. The van der Waals surface area contributed by atoms with Crippen molar-refractivity contribution in [2.75, 3.05) is 4.90 Å². The molecular formula is C56H50N2. The van der Waals surface area contributed by atoms with Crippen LogP contribution in [0.3, 0.4) is 0 Å². The van der Waals surface area contributed by atoms with Crippen LogP contribution in [0.2, 0.25) is 0 Å². The largest absolute Gasteiger partial charge is 0.314 e. The molecule has 1 unspecified atom stereocenters. The Kier molecular flexibility index (Phi) is 9.92. The van der Waals surface area contributed by atoms with Crippen LogP contribution in [0.5, 0.6) is 0 Å². The number of hydrogen-bond donors (Lipinski definition) is 0. The molecule has 6 aromatic rings. The summed E-state index contributed by atoms with van der Waals surface area (Å²) in [6.07, 6.45) is 16.0. The molecule has 0 saturated carbocycles. The third-order valence-corrected chi connectivity index (χ3v) is 12.7. The molecule has 284 valence electrons. The highest BCUT2D eigenvalue weighted by molar-refractivity contribution is 5.86. The first-order valence-electron chi connectivity index (χ1n) is 21.0. The van der Waals surface area contributed by atoms with Crippen LogP contribution in [0.25, 0.3) is 39.0 Å². The number of fused-ring (bicyclic) bond motifs is 3. The number of anilines is 2. The second-order valence-corrected chi connectivity index (χ2v) is 16.6. The third kappa shape index (κ3) is 6.76. The fraction of sp³-hybridized carbons (Fsp3) is 0.196. The van der Waals surface area contributed by atoms with Crippen molar-refractivity contribution in [2.24, 2.45) is 0 Å². The number of benzene rings is 6. The zero-order chi connectivity index (χ0) is 39.8. The second kappa shape index (κ2) is 15.5. The molecule has 58 heavy (non-hydrogen) atoms. The van der Waals surface area contributed by atoms with Crippen LogP contribution >= 0.6 is 0 Å². The molecule has 1 atom stereocenters. The van der Waals surface area contributed by atoms with Gasteiger partial charge in [0.1, 0.15) is 0 Å². The van der Waals surface area contributed by atoms with Crippen molar-refractivity contribution in [3.63, 3.8) is 0 Å². The van der Waals surface area contributed by atoms with Gasteiger partial charge in [0.2, 0.25) is 0 Å². The highest BCUT2D eigenvalue weighted by Crippen LogP contribution is 2.51. The first kappa shape index (κ1) is 37.2. The SMILES string of the molecule is CCCc1c(-c2ccccc2C)cccc1C1C=CC(c2ccc(N(C3=CC=C(C#N)CC3)c3ccc4c(c3)C(C)(C)c3cc(-c5ccccc5)ccc3-4)cc2)=CC1. The molecule has 3 aliphatic rings. The van der Waals surface area contributed by atoms with Gasteiger partial charge in [-0.25, -0.2) is 0 Å². The first-order valence-corrected chi connectivity index (χ1v) is 21.0. The summed E-state index contributed by atoms with van der Waals surface area (Å²) < 4.78 is 0. The van der Waals surface area contributed by atoms with Crippen molar-refractivity contribution >= 4 is 16.9 Å². The number of rotatable bonds is 9. The Bertz CT molecular complexity index is 2690. The average molecular weight is 751 g/mol. The minimum absolute atomic E-state index is 0.160. The van der Waals surface area contributed by atoms with Crippen LogP contribution < -0.4 is 4.90 Å². The number of hydrogen-bond acceptors (Lipinski definition) is 2. The summed E-state index contributed by atoms with van der Waals surface area (Å²) >= 11 is 0. The molecule has 9 rings (SSSR count). The lowest BCUT2D eigenvalue weighted by Gasteiger charge is -2.31. The number of allylic oxidation sites excluding steroid dienone is 8. The summed E-state index contributed by atoms with van der Waals surface area (Å²) in [6, 6.07) is 51.8. The Balaban J connectivity index is 1.02. The quantitative estimate of drug-likeness (QED) is 0.147. The molecular weight excluding hydrogens is 701 g/mol. The Morgan fingerprint density at radius 3 is 2.09 bits per heavy atom. The molecule has 0 amide bonds. The number of aryl methyl sites for hydroxylation is 1. The molecule has 0 bridgehead atoms. The molecule has 0 aliphatic heterocycles. The predicted octanol–water partition coefficient (Wildman–Crippen LogP) is 15.0. The molecule has 0 heterocycles. The molecule has 0 spiro atoms. The van der Waals surface area contributed by atoms with Crippen LogP contribution in [0.15, 0.2) is 175 Å². The molecule has 2 nitrogen and oxygen atoms in total. The van der Waals surface area contributed by atoms with E-state index in [2.05, 4.69) is 196 Å². The summed E-state index contributed by atoms with van der Waals surface area (Å²) in [7, 11) is 0. The maximum atomic E-state index is 9.66. The molecule has 0 aromatic heterocycles. The van der Waals surface area contributed by atoms with Gasteiger partial charge in [-0.3, -0.25) is 0 Å². The topological polar surface area (TPSA) is 27.0 Å². The van der Waals surface area contributed by atoms with Gasteiger partial charge in [0.15, 0.2) is 0 Å². The summed E-state index contributed by atoms with van der Waals surface area (Å²) in [5.74, 6) is 0.355.